The predicted molar refractivity (Wildman–Crippen MR) is 173 cm³/mol. The fourth-order valence-corrected chi connectivity index (χ4v) is 7.09. The molecule has 3 aromatic heterocycles. The minimum absolute atomic E-state index is 0.0563. The maximum Gasteiger partial charge on any atom is 0.308 e. The van der Waals surface area contributed by atoms with Gasteiger partial charge in [0.15, 0.2) is 11.5 Å². The molecule has 0 amide bonds. The van der Waals surface area contributed by atoms with Gasteiger partial charge in [-0.2, -0.15) is 0 Å². The van der Waals surface area contributed by atoms with Gasteiger partial charge < -0.3 is 15.4 Å². The summed E-state index contributed by atoms with van der Waals surface area (Å²) in [5, 5.41) is 0. The van der Waals surface area contributed by atoms with E-state index in [0.29, 0.717) is 51.5 Å². The number of esters is 1. The third-order valence-corrected chi connectivity index (χ3v) is 9.53. The molecule has 9 heteroatoms. The van der Waals surface area contributed by atoms with Crippen LogP contribution in [-0.2, 0) is 9.53 Å². The second-order valence-electron chi connectivity index (χ2n) is 12.3. The zero-order valence-electron chi connectivity index (χ0n) is 25.4. The molecule has 0 spiro atoms. The van der Waals surface area contributed by atoms with E-state index in [0.717, 1.165) is 57.4 Å². The Morgan fingerprint density at radius 3 is 2.47 bits per heavy atom. The van der Waals surface area contributed by atoms with Crippen LogP contribution in [0, 0.1) is 17.7 Å². The summed E-state index contributed by atoms with van der Waals surface area (Å²) in [5.41, 5.74) is 11.5. The van der Waals surface area contributed by atoms with Crippen molar-refractivity contribution in [3.8, 4) is 28.3 Å². The molecule has 8 nitrogen and oxygen atoms in total. The Morgan fingerprint density at radius 1 is 0.933 bits per heavy atom. The average molecular weight is 605 g/mol. The third kappa shape index (κ3) is 5.80. The molecule has 1 saturated heterocycles. The second kappa shape index (κ2) is 12.4. The van der Waals surface area contributed by atoms with Gasteiger partial charge in [0.25, 0.3) is 0 Å². The van der Waals surface area contributed by atoms with Gasteiger partial charge in [-0.05, 0) is 105 Å². The number of nitrogen functional groups attached to an aromatic ring is 1. The standard InChI is InChI=1S/C36H37FN6O2/c1-45-36(44)25-10-8-23(9-11-25)21-42-20-18-26(22-42)24-12-14-27(15-13-24)43-34(29-6-4-19-39-33(29)38)41-32-17-16-31(40-35(32)43)28-5-2-3-7-30(28)37/h2-7,12-17,19,23,25-26H,8-11,18,20-22H2,1H3,(H2,38,39)/t23-,25+,26-/m1/s1. The van der Waals surface area contributed by atoms with Crippen molar-refractivity contribution in [3.63, 3.8) is 0 Å². The molecule has 0 radical (unpaired) electrons. The average Bonchev–Trinajstić information content (AvgIpc) is 3.70. The fourth-order valence-electron chi connectivity index (χ4n) is 7.09. The lowest BCUT2D eigenvalue weighted by Crippen LogP contribution is -2.31. The van der Waals surface area contributed by atoms with E-state index < -0.39 is 0 Å². The summed E-state index contributed by atoms with van der Waals surface area (Å²) in [4.78, 5) is 28.6. The number of ether oxygens (including phenoxy) is 1. The van der Waals surface area contributed by atoms with E-state index in [1.54, 1.807) is 24.4 Å². The number of benzene rings is 2. The highest BCUT2D eigenvalue weighted by atomic mass is 19.1. The molecule has 45 heavy (non-hydrogen) atoms. The number of likely N-dealkylation sites (tertiary alicyclic amines) is 1. The van der Waals surface area contributed by atoms with E-state index in [4.69, 9.17) is 20.4 Å². The minimum atomic E-state index is -0.323. The summed E-state index contributed by atoms with van der Waals surface area (Å²) in [7, 11) is 1.49. The van der Waals surface area contributed by atoms with Crippen LogP contribution in [-0.4, -0.2) is 57.1 Å². The summed E-state index contributed by atoms with van der Waals surface area (Å²) in [6, 6.07) is 22.7. The number of carbonyl (C=O) groups excluding carboxylic acids is 1. The first-order chi connectivity index (χ1) is 22.0. The Kier molecular flexibility index (Phi) is 8.02. The lowest BCUT2D eigenvalue weighted by atomic mass is 9.82. The van der Waals surface area contributed by atoms with Crippen LogP contribution in [0.3, 0.4) is 0 Å². The predicted octanol–water partition coefficient (Wildman–Crippen LogP) is 6.64. The van der Waals surface area contributed by atoms with E-state index in [-0.39, 0.29) is 17.7 Å². The zero-order chi connectivity index (χ0) is 30.9. The van der Waals surface area contributed by atoms with E-state index in [2.05, 4.69) is 34.1 Å². The number of nitrogens with two attached hydrogens (primary N) is 1. The molecule has 2 N–H and O–H groups in total. The zero-order valence-corrected chi connectivity index (χ0v) is 25.4. The number of pyridine rings is 2. The number of carbonyl (C=O) groups is 1. The highest BCUT2D eigenvalue weighted by Gasteiger charge is 2.31. The van der Waals surface area contributed by atoms with Crippen LogP contribution in [0.25, 0.3) is 39.5 Å². The molecule has 2 aliphatic rings. The number of methoxy groups -OCH3 is 1. The smallest absolute Gasteiger partial charge is 0.308 e. The van der Waals surface area contributed by atoms with Gasteiger partial charge in [-0.25, -0.2) is 19.3 Å². The van der Waals surface area contributed by atoms with Crippen molar-refractivity contribution in [2.75, 3.05) is 32.5 Å². The van der Waals surface area contributed by atoms with Gasteiger partial charge in [-0.1, -0.05) is 24.3 Å². The van der Waals surface area contributed by atoms with Crippen LogP contribution in [0.2, 0.25) is 0 Å². The van der Waals surface area contributed by atoms with E-state index in [9.17, 15) is 9.18 Å². The Morgan fingerprint density at radius 2 is 1.71 bits per heavy atom. The van der Waals surface area contributed by atoms with Crippen LogP contribution in [0.1, 0.15) is 43.6 Å². The summed E-state index contributed by atoms with van der Waals surface area (Å²) in [6.07, 6.45) is 6.82. The number of hydrogen-bond acceptors (Lipinski definition) is 7. The van der Waals surface area contributed by atoms with Gasteiger partial charge in [0.05, 0.1) is 24.3 Å². The highest BCUT2D eigenvalue weighted by Crippen LogP contribution is 2.35. The van der Waals surface area contributed by atoms with E-state index in [1.807, 2.05) is 28.8 Å². The second-order valence-corrected chi connectivity index (χ2v) is 12.3. The number of fused-ring (bicyclic) bond motifs is 1. The number of anilines is 1. The number of rotatable bonds is 7. The molecule has 1 aliphatic carbocycles. The van der Waals surface area contributed by atoms with E-state index in [1.165, 1.54) is 18.7 Å². The van der Waals surface area contributed by atoms with Gasteiger partial charge in [0, 0.05) is 30.5 Å². The lowest BCUT2D eigenvalue weighted by molar-refractivity contribution is -0.146. The maximum atomic E-state index is 14.7. The number of nitrogens with zero attached hydrogens (tertiary/aromatic N) is 5. The largest absolute Gasteiger partial charge is 0.469 e. The number of imidazole rings is 1. The molecule has 2 fully saturated rings. The number of halogens is 1. The third-order valence-electron chi connectivity index (χ3n) is 9.53. The summed E-state index contributed by atoms with van der Waals surface area (Å²) < 4.78 is 21.7. The molecule has 7 rings (SSSR count). The highest BCUT2D eigenvalue weighted by molar-refractivity contribution is 5.84. The van der Waals surface area contributed by atoms with Crippen molar-refractivity contribution in [2.45, 2.75) is 38.0 Å². The van der Waals surface area contributed by atoms with Crippen molar-refractivity contribution in [3.05, 3.63) is 90.4 Å². The van der Waals surface area contributed by atoms with Crippen LogP contribution < -0.4 is 5.73 Å². The van der Waals surface area contributed by atoms with Crippen LogP contribution >= 0.6 is 0 Å². The Hall–Kier alpha value is -4.63. The minimum Gasteiger partial charge on any atom is -0.469 e. The van der Waals surface area contributed by atoms with Crippen molar-refractivity contribution >= 4 is 23.0 Å². The molecule has 0 unspecified atom stereocenters. The van der Waals surface area contributed by atoms with Crippen LogP contribution in [0.15, 0.2) is 79.0 Å². The van der Waals surface area contributed by atoms with Crippen molar-refractivity contribution in [2.24, 2.45) is 11.8 Å². The number of aromatic nitrogens is 4. The van der Waals surface area contributed by atoms with Crippen molar-refractivity contribution in [1.82, 2.24) is 24.4 Å². The monoisotopic (exact) mass is 604 g/mol. The SMILES string of the molecule is COC(=O)[C@H]1CC[C@@H](CN2CC[C@@H](c3ccc(-n4c(-c5cccnc5N)nc5ccc(-c6ccccc6F)nc54)cc3)C2)CC1. The van der Waals surface area contributed by atoms with Gasteiger partial charge in [-0.15, -0.1) is 0 Å². The molecular weight excluding hydrogens is 567 g/mol. The molecule has 5 aromatic rings. The normalized spacial score (nSPS) is 20.4. The van der Waals surface area contributed by atoms with Crippen molar-refractivity contribution in [1.29, 1.82) is 0 Å². The summed E-state index contributed by atoms with van der Waals surface area (Å²) >= 11 is 0. The first kappa shape index (κ1) is 29.1. The topological polar surface area (TPSA) is 99.2 Å². The number of hydrogen-bond donors (Lipinski definition) is 1. The first-order valence-electron chi connectivity index (χ1n) is 15.7. The Bertz CT molecular complexity index is 1830. The van der Waals surface area contributed by atoms with Gasteiger partial charge in [0.2, 0.25) is 0 Å². The molecule has 0 bridgehead atoms. The van der Waals surface area contributed by atoms with Gasteiger partial charge >= 0.3 is 5.97 Å². The fraction of sp³-hybridized carbons (Fsp3) is 0.333. The first-order valence-corrected chi connectivity index (χ1v) is 15.7. The molecule has 2 aromatic carbocycles. The summed E-state index contributed by atoms with van der Waals surface area (Å²) in [5.74, 6) is 1.81. The van der Waals surface area contributed by atoms with Gasteiger partial charge in [-0.3, -0.25) is 9.36 Å². The lowest BCUT2D eigenvalue weighted by Gasteiger charge is -2.30. The van der Waals surface area contributed by atoms with Crippen molar-refractivity contribution < 1.29 is 13.9 Å². The Labute approximate surface area is 262 Å². The maximum absolute atomic E-state index is 14.7. The molecule has 4 heterocycles. The van der Waals surface area contributed by atoms with E-state index >= 15 is 0 Å². The molecule has 1 atom stereocenters. The van der Waals surface area contributed by atoms with Crippen LogP contribution in [0.5, 0.6) is 0 Å². The Balaban J connectivity index is 1.15. The van der Waals surface area contributed by atoms with Crippen LogP contribution in [0.4, 0.5) is 10.2 Å². The molecule has 1 aliphatic heterocycles. The molecular formula is C36H37FN6O2. The quantitative estimate of drug-likeness (QED) is 0.208. The molecule has 230 valence electrons. The molecule has 1 saturated carbocycles. The van der Waals surface area contributed by atoms with Gasteiger partial charge in [0.1, 0.15) is 17.2 Å². The summed E-state index contributed by atoms with van der Waals surface area (Å²) in [6.45, 7) is 3.22.